The topological polar surface area (TPSA) is 25.8 Å². The second kappa shape index (κ2) is 3.83. The molecule has 0 bridgehead atoms. The van der Waals surface area contributed by atoms with Crippen molar-refractivity contribution in [1.29, 1.82) is 0 Å². The molecule has 2 rings (SSSR count). The highest BCUT2D eigenvalue weighted by Gasteiger charge is 2.25. The molecule has 0 fully saturated rings. The van der Waals surface area contributed by atoms with Crippen molar-refractivity contribution < 1.29 is 0 Å². The van der Waals surface area contributed by atoms with Crippen molar-refractivity contribution in [2.24, 2.45) is 0 Å². The molecule has 0 atom stereocenters. The minimum atomic E-state index is 0.0568. The molecule has 0 N–H and O–H groups in total. The second-order valence-corrected chi connectivity index (χ2v) is 6.12. The fraction of sp³-hybridized carbons (Fsp3) is 0.714. The molecular formula is C14H22N2. The Balaban J connectivity index is 2.56. The first-order valence-electron chi connectivity index (χ1n) is 6.29. The zero-order valence-electron chi connectivity index (χ0n) is 11.1. The summed E-state index contributed by atoms with van der Waals surface area (Å²) in [6.07, 6.45) is 3.56. The lowest BCUT2D eigenvalue weighted by Gasteiger charge is -2.20. The molecule has 2 nitrogen and oxygen atoms in total. The number of nitrogens with zero attached hydrogens (tertiary/aromatic N) is 2. The lowest BCUT2D eigenvalue weighted by atomic mass is 9.94. The third-order valence-electron chi connectivity index (χ3n) is 3.18. The molecule has 0 radical (unpaired) electrons. The molecule has 0 saturated carbocycles. The minimum Gasteiger partial charge on any atom is -0.237 e. The molecule has 88 valence electrons. The van der Waals surface area contributed by atoms with Gasteiger partial charge in [0, 0.05) is 11.1 Å². The van der Waals surface area contributed by atoms with Gasteiger partial charge in [0.2, 0.25) is 0 Å². The van der Waals surface area contributed by atoms with Gasteiger partial charge in [0.15, 0.2) is 0 Å². The molecule has 0 amide bonds. The first kappa shape index (κ1) is 11.6. The van der Waals surface area contributed by atoms with Gasteiger partial charge in [0.1, 0.15) is 5.82 Å². The summed E-state index contributed by atoms with van der Waals surface area (Å²) in [6, 6.07) is 0. The molecule has 1 heterocycles. The number of hydrogen-bond acceptors (Lipinski definition) is 2. The zero-order chi connectivity index (χ0) is 11.9. The Morgan fingerprint density at radius 1 is 1.06 bits per heavy atom. The van der Waals surface area contributed by atoms with Crippen LogP contribution >= 0.6 is 0 Å². The van der Waals surface area contributed by atoms with Crippen LogP contribution in [0, 0.1) is 0 Å². The van der Waals surface area contributed by atoms with E-state index in [0.717, 1.165) is 12.2 Å². The van der Waals surface area contributed by atoms with Crippen molar-refractivity contribution in [3.05, 3.63) is 22.8 Å². The average Bonchev–Trinajstić information content (AvgIpc) is 2.61. The summed E-state index contributed by atoms with van der Waals surface area (Å²) in [5.41, 5.74) is 4.08. The maximum Gasteiger partial charge on any atom is 0.134 e. The van der Waals surface area contributed by atoms with Crippen LogP contribution in [0.1, 0.15) is 69.7 Å². The number of aryl methyl sites for hydroxylation is 1. The first-order chi connectivity index (χ1) is 7.39. The summed E-state index contributed by atoms with van der Waals surface area (Å²) in [6.45, 7) is 11.0. The molecule has 0 saturated heterocycles. The van der Waals surface area contributed by atoms with Crippen LogP contribution in [0.3, 0.4) is 0 Å². The van der Waals surface area contributed by atoms with E-state index in [1.165, 1.54) is 29.8 Å². The van der Waals surface area contributed by atoms with Gasteiger partial charge in [-0.15, -0.1) is 0 Å². The van der Waals surface area contributed by atoms with Gasteiger partial charge in [-0.05, 0) is 30.7 Å². The highest BCUT2D eigenvalue weighted by Crippen LogP contribution is 2.30. The maximum atomic E-state index is 4.80. The largest absolute Gasteiger partial charge is 0.237 e. The Morgan fingerprint density at radius 3 is 2.31 bits per heavy atom. The number of aromatic nitrogens is 2. The van der Waals surface area contributed by atoms with Crippen LogP contribution in [-0.2, 0) is 18.3 Å². The first-order valence-corrected chi connectivity index (χ1v) is 6.29. The fourth-order valence-corrected chi connectivity index (χ4v) is 2.27. The van der Waals surface area contributed by atoms with E-state index < -0.39 is 0 Å². The Bertz CT molecular complexity index is 400. The third-order valence-corrected chi connectivity index (χ3v) is 3.18. The highest BCUT2D eigenvalue weighted by atomic mass is 14.9. The van der Waals surface area contributed by atoms with E-state index in [0.29, 0.717) is 5.92 Å². The van der Waals surface area contributed by atoms with Crippen LogP contribution in [0.2, 0.25) is 0 Å². The molecule has 1 aliphatic rings. The van der Waals surface area contributed by atoms with E-state index in [1.807, 2.05) is 0 Å². The lowest BCUT2D eigenvalue weighted by molar-refractivity contribution is 0.534. The van der Waals surface area contributed by atoms with Gasteiger partial charge in [0.25, 0.3) is 0 Å². The Labute approximate surface area is 98.5 Å². The van der Waals surface area contributed by atoms with Crippen LogP contribution in [0.15, 0.2) is 0 Å². The van der Waals surface area contributed by atoms with Crippen LogP contribution in [0.5, 0.6) is 0 Å². The van der Waals surface area contributed by atoms with Crippen molar-refractivity contribution in [1.82, 2.24) is 9.97 Å². The molecule has 0 spiro atoms. The zero-order valence-corrected chi connectivity index (χ0v) is 11.1. The molecule has 0 aromatic carbocycles. The molecular weight excluding hydrogens is 196 g/mol. The van der Waals surface area contributed by atoms with Crippen molar-refractivity contribution in [3.8, 4) is 0 Å². The predicted molar refractivity (Wildman–Crippen MR) is 66.8 cm³/mol. The van der Waals surface area contributed by atoms with Crippen molar-refractivity contribution in [2.75, 3.05) is 0 Å². The molecule has 1 aliphatic carbocycles. The highest BCUT2D eigenvalue weighted by molar-refractivity contribution is 5.33. The quantitative estimate of drug-likeness (QED) is 0.722. The number of hydrogen-bond donors (Lipinski definition) is 0. The Morgan fingerprint density at radius 2 is 1.75 bits per heavy atom. The molecule has 16 heavy (non-hydrogen) atoms. The van der Waals surface area contributed by atoms with E-state index in [4.69, 9.17) is 9.97 Å². The molecule has 1 aromatic rings. The Hall–Kier alpha value is -0.920. The van der Waals surface area contributed by atoms with E-state index in [1.54, 1.807) is 0 Å². The van der Waals surface area contributed by atoms with Crippen LogP contribution in [0.25, 0.3) is 0 Å². The fourth-order valence-electron chi connectivity index (χ4n) is 2.27. The van der Waals surface area contributed by atoms with Crippen LogP contribution in [-0.4, -0.2) is 9.97 Å². The average molecular weight is 218 g/mol. The SMILES string of the molecule is CC(C)c1nc(C(C)(C)C)nc2c1CCC2. The smallest absolute Gasteiger partial charge is 0.134 e. The standard InChI is InChI=1S/C14H22N2/c1-9(2)12-10-7-6-8-11(10)15-13(16-12)14(3,4)5/h9H,6-8H2,1-5H3. The van der Waals surface area contributed by atoms with E-state index in [-0.39, 0.29) is 5.41 Å². The van der Waals surface area contributed by atoms with Crippen molar-refractivity contribution >= 4 is 0 Å². The normalized spacial score (nSPS) is 15.6. The van der Waals surface area contributed by atoms with Gasteiger partial charge in [-0.25, -0.2) is 9.97 Å². The van der Waals surface area contributed by atoms with E-state index in [9.17, 15) is 0 Å². The van der Waals surface area contributed by atoms with Gasteiger partial charge < -0.3 is 0 Å². The van der Waals surface area contributed by atoms with Crippen LogP contribution in [0.4, 0.5) is 0 Å². The van der Waals surface area contributed by atoms with E-state index >= 15 is 0 Å². The number of fused-ring (bicyclic) bond motifs is 1. The van der Waals surface area contributed by atoms with Gasteiger partial charge in [-0.2, -0.15) is 0 Å². The van der Waals surface area contributed by atoms with Gasteiger partial charge in [-0.3, -0.25) is 0 Å². The van der Waals surface area contributed by atoms with Crippen LogP contribution < -0.4 is 0 Å². The van der Waals surface area contributed by atoms with Gasteiger partial charge in [0.05, 0.1) is 5.69 Å². The summed E-state index contributed by atoms with van der Waals surface area (Å²) >= 11 is 0. The van der Waals surface area contributed by atoms with Gasteiger partial charge in [-0.1, -0.05) is 34.6 Å². The summed E-state index contributed by atoms with van der Waals surface area (Å²) in [7, 11) is 0. The molecule has 0 unspecified atom stereocenters. The third kappa shape index (κ3) is 1.98. The molecule has 2 heteroatoms. The predicted octanol–water partition coefficient (Wildman–Crippen LogP) is 3.39. The van der Waals surface area contributed by atoms with Crippen molar-refractivity contribution in [2.45, 2.75) is 65.2 Å². The summed E-state index contributed by atoms with van der Waals surface area (Å²) in [5.74, 6) is 1.52. The van der Waals surface area contributed by atoms with E-state index in [2.05, 4.69) is 34.6 Å². The Kier molecular flexibility index (Phi) is 2.77. The maximum absolute atomic E-state index is 4.80. The summed E-state index contributed by atoms with van der Waals surface area (Å²) < 4.78 is 0. The minimum absolute atomic E-state index is 0.0568. The van der Waals surface area contributed by atoms with Gasteiger partial charge >= 0.3 is 0 Å². The molecule has 0 aliphatic heterocycles. The second-order valence-electron chi connectivity index (χ2n) is 6.12. The lowest BCUT2D eigenvalue weighted by Crippen LogP contribution is -2.19. The number of rotatable bonds is 1. The monoisotopic (exact) mass is 218 g/mol. The molecule has 1 aromatic heterocycles. The summed E-state index contributed by atoms with van der Waals surface area (Å²) in [4.78, 5) is 9.56. The van der Waals surface area contributed by atoms with Crippen molar-refractivity contribution in [3.63, 3.8) is 0 Å². The summed E-state index contributed by atoms with van der Waals surface area (Å²) in [5, 5.41) is 0.